The Morgan fingerprint density at radius 3 is 2.57 bits per heavy atom. The molecule has 1 aliphatic rings. The Bertz CT molecular complexity index is 431. The van der Waals surface area contributed by atoms with Crippen molar-refractivity contribution in [1.29, 1.82) is 0 Å². The van der Waals surface area contributed by atoms with Crippen LogP contribution in [0.15, 0.2) is 24.3 Å². The summed E-state index contributed by atoms with van der Waals surface area (Å²) >= 11 is 0. The maximum absolute atomic E-state index is 5.85. The van der Waals surface area contributed by atoms with E-state index in [0.717, 1.165) is 31.1 Å². The van der Waals surface area contributed by atoms with Gasteiger partial charge in [-0.1, -0.05) is 0 Å². The number of methoxy groups -OCH3 is 1. The highest BCUT2D eigenvalue weighted by Gasteiger charge is 2.27. The van der Waals surface area contributed by atoms with Crippen LogP contribution in [-0.2, 0) is 0 Å². The van der Waals surface area contributed by atoms with Crippen molar-refractivity contribution in [2.45, 2.75) is 38.8 Å². The van der Waals surface area contributed by atoms with Gasteiger partial charge >= 0.3 is 0 Å². The van der Waals surface area contributed by atoms with Gasteiger partial charge in [-0.05, 0) is 58.0 Å². The first-order chi connectivity index (χ1) is 10.00. The van der Waals surface area contributed by atoms with E-state index in [1.165, 1.54) is 6.42 Å². The van der Waals surface area contributed by atoms with Crippen molar-refractivity contribution in [2.24, 2.45) is 0 Å². The highest BCUT2D eigenvalue weighted by molar-refractivity contribution is 5.31. The van der Waals surface area contributed by atoms with Gasteiger partial charge in [0, 0.05) is 24.7 Å². The first-order valence-electron chi connectivity index (χ1n) is 7.76. The predicted octanol–water partition coefficient (Wildman–Crippen LogP) is 2.54. The van der Waals surface area contributed by atoms with Crippen molar-refractivity contribution in [3.63, 3.8) is 0 Å². The maximum atomic E-state index is 5.85. The van der Waals surface area contributed by atoms with E-state index < -0.39 is 0 Å². The van der Waals surface area contributed by atoms with Crippen molar-refractivity contribution >= 4 is 0 Å². The first kappa shape index (κ1) is 16.1. The molecular formula is C17H28N2O2. The highest BCUT2D eigenvalue weighted by Crippen LogP contribution is 2.18. The first-order valence-corrected chi connectivity index (χ1v) is 7.76. The van der Waals surface area contributed by atoms with Crippen LogP contribution in [0.1, 0.15) is 27.2 Å². The van der Waals surface area contributed by atoms with Crippen LogP contribution in [0.25, 0.3) is 0 Å². The summed E-state index contributed by atoms with van der Waals surface area (Å²) in [6, 6.07) is 8.36. The minimum atomic E-state index is 0.172. The standard InChI is InChI=1S/C17H28N2O2/c1-14-9-10-18-17(2,3)13-19(14)11-12-21-16-7-5-15(20-4)6-8-16/h5-8,14,18H,9-13H2,1-4H3. The molecule has 0 amide bonds. The zero-order chi connectivity index (χ0) is 15.3. The molecule has 1 fully saturated rings. The number of rotatable bonds is 5. The number of benzene rings is 1. The molecule has 0 saturated carbocycles. The molecule has 0 aliphatic carbocycles. The third-order valence-corrected chi connectivity index (χ3v) is 4.09. The number of ether oxygens (including phenoxy) is 2. The number of hydrogen-bond acceptors (Lipinski definition) is 4. The van der Waals surface area contributed by atoms with E-state index >= 15 is 0 Å². The lowest BCUT2D eigenvalue weighted by Gasteiger charge is -2.32. The zero-order valence-electron chi connectivity index (χ0n) is 13.7. The fourth-order valence-electron chi connectivity index (χ4n) is 2.77. The van der Waals surface area contributed by atoms with Gasteiger partial charge in [-0.2, -0.15) is 0 Å². The maximum Gasteiger partial charge on any atom is 0.119 e. The predicted molar refractivity (Wildman–Crippen MR) is 86.2 cm³/mol. The molecular weight excluding hydrogens is 264 g/mol. The summed E-state index contributed by atoms with van der Waals surface area (Å²) in [6.45, 7) is 10.6. The van der Waals surface area contributed by atoms with Gasteiger partial charge in [-0.25, -0.2) is 0 Å². The van der Waals surface area contributed by atoms with E-state index in [4.69, 9.17) is 9.47 Å². The van der Waals surface area contributed by atoms with Crippen molar-refractivity contribution in [2.75, 3.05) is 33.4 Å². The zero-order valence-corrected chi connectivity index (χ0v) is 13.7. The molecule has 0 radical (unpaired) electrons. The van der Waals surface area contributed by atoms with Crippen LogP contribution in [-0.4, -0.2) is 49.8 Å². The molecule has 4 heteroatoms. The summed E-state index contributed by atoms with van der Waals surface area (Å²) in [6.07, 6.45) is 1.19. The van der Waals surface area contributed by atoms with Gasteiger partial charge in [0.15, 0.2) is 0 Å². The molecule has 2 rings (SSSR count). The van der Waals surface area contributed by atoms with Crippen molar-refractivity contribution in [1.82, 2.24) is 10.2 Å². The van der Waals surface area contributed by atoms with Crippen LogP contribution < -0.4 is 14.8 Å². The second-order valence-corrected chi connectivity index (χ2v) is 6.44. The van der Waals surface area contributed by atoms with Crippen LogP contribution in [0.5, 0.6) is 11.5 Å². The molecule has 118 valence electrons. The average Bonchev–Trinajstić information content (AvgIpc) is 2.58. The van der Waals surface area contributed by atoms with Gasteiger partial charge in [-0.3, -0.25) is 4.90 Å². The van der Waals surface area contributed by atoms with E-state index in [9.17, 15) is 0 Å². The smallest absolute Gasteiger partial charge is 0.119 e. The molecule has 1 aromatic rings. The summed E-state index contributed by atoms with van der Waals surface area (Å²) in [5.74, 6) is 1.76. The van der Waals surface area contributed by atoms with Gasteiger partial charge < -0.3 is 14.8 Å². The molecule has 1 aromatic carbocycles. The third-order valence-electron chi connectivity index (χ3n) is 4.09. The minimum Gasteiger partial charge on any atom is -0.497 e. The Kier molecular flexibility index (Phi) is 5.48. The van der Waals surface area contributed by atoms with Crippen molar-refractivity contribution in [3.8, 4) is 11.5 Å². The van der Waals surface area contributed by atoms with E-state index in [1.54, 1.807) is 7.11 Å². The van der Waals surface area contributed by atoms with Crippen LogP contribution >= 0.6 is 0 Å². The van der Waals surface area contributed by atoms with Crippen LogP contribution in [0, 0.1) is 0 Å². The van der Waals surface area contributed by atoms with Crippen molar-refractivity contribution in [3.05, 3.63) is 24.3 Å². The lowest BCUT2D eigenvalue weighted by molar-refractivity contribution is 0.149. The number of nitrogens with one attached hydrogen (secondary N) is 1. The van der Waals surface area contributed by atoms with Gasteiger partial charge in [-0.15, -0.1) is 0 Å². The van der Waals surface area contributed by atoms with Crippen LogP contribution in [0.3, 0.4) is 0 Å². The van der Waals surface area contributed by atoms with Crippen LogP contribution in [0.4, 0.5) is 0 Å². The molecule has 1 atom stereocenters. The molecule has 21 heavy (non-hydrogen) atoms. The third kappa shape index (κ3) is 4.90. The Morgan fingerprint density at radius 1 is 1.24 bits per heavy atom. The summed E-state index contributed by atoms with van der Waals surface area (Å²) in [5.41, 5.74) is 0.172. The molecule has 1 unspecified atom stereocenters. The Labute approximate surface area is 128 Å². The lowest BCUT2D eigenvalue weighted by Crippen LogP contribution is -2.48. The molecule has 1 heterocycles. The summed E-state index contributed by atoms with van der Waals surface area (Å²) in [5, 5.41) is 3.61. The fraction of sp³-hybridized carbons (Fsp3) is 0.647. The number of hydrogen-bond donors (Lipinski definition) is 1. The second-order valence-electron chi connectivity index (χ2n) is 6.44. The monoisotopic (exact) mass is 292 g/mol. The molecule has 4 nitrogen and oxygen atoms in total. The van der Waals surface area contributed by atoms with E-state index in [-0.39, 0.29) is 5.54 Å². The van der Waals surface area contributed by atoms with Crippen molar-refractivity contribution < 1.29 is 9.47 Å². The summed E-state index contributed by atoms with van der Waals surface area (Å²) in [7, 11) is 1.67. The Morgan fingerprint density at radius 2 is 1.90 bits per heavy atom. The second kappa shape index (κ2) is 7.14. The molecule has 1 aliphatic heterocycles. The highest BCUT2D eigenvalue weighted by atomic mass is 16.5. The molecule has 1 saturated heterocycles. The lowest BCUT2D eigenvalue weighted by atomic mass is 10.1. The van der Waals surface area contributed by atoms with Gasteiger partial charge in [0.2, 0.25) is 0 Å². The van der Waals surface area contributed by atoms with E-state index in [1.807, 2.05) is 24.3 Å². The largest absolute Gasteiger partial charge is 0.497 e. The molecule has 0 aromatic heterocycles. The molecule has 0 bridgehead atoms. The summed E-state index contributed by atoms with van der Waals surface area (Å²) < 4.78 is 11.0. The number of nitrogens with zero attached hydrogens (tertiary/aromatic N) is 1. The Hall–Kier alpha value is -1.26. The van der Waals surface area contributed by atoms with Crippen LogP contribution in [0.2, 0.25) is 0 Å². The topological polar surface area (TPSA) is 33.7 Å². The fourth-order valence-corrected chi connectivity index (χ4v) is 2.77. The van der Waals surface area contributed by atoms with E-state index in [0.29, 0.717) is 12.6 Å². The van der Waals surface area contributed by atoms with E-state index in [2.05, 4.69) is 31.0 Å². The Balaban J connectivity index is 1.83. The van der Waals surface area contributed by atoms with Gasteiger partial charge in [0.25, 0.3) is 0 Å². The molecule has 1 N–H and O–H groups in total. The van der Waals surface area contributed by atoms with Gasteiger partial charge in [0.05, 0.1) is 7.11 Å². The average molecular weight is 292 g/mol. The normalized spacial score (nSPS) is 22.6. The SMILES string of the molecule is COc1ccc(OCCN2CC(C)(C)NCCC2C)cc1. The minimum absolute atomic E-state index is 0.172. The van der Waals surface area contributed by atoms with Gasteiger partial charge in [0.1, 0.15) is 18.1 Å². The quantitative estimate of drug-likeness (QED) is 0.904. The summed E-state index contributed by atoms with van der Waals surface area (Å²) in [4.78, 5) is 2.52. The molecule has 0 spiro atoms.